The number of amides is 1. The average Bonchev–Trinajstić information content (AvgIpc) is 3.04. The number of halogens is 1. The zero-order valence-corrected chi connectivity index (χ0v) is 13.2. The Labute approximate surface area is 136 Å². The first-order valence-corrected chi connectivity index (χ1v) is 7.43. The molecule has 2 N–H and O–H groups in total. The van der Waals surface area contributed by atoms with Crippen LogP contribution in [0.3, 0.4) is 0 Å². The Bertz CT molecular complexity index is 627. The minimum Gasteiger partial charge on any atom is -0.484 e. The monoisotopic (exact) mass is 320 g/mol. The normalized spacial score (nSPS) is 17.0. The number of carbonyl (C=O) groups excluding carboxylic acids is 1. The van der Waals surface area contributed by atoms with Gasteiger partial charge in [-0.05, 0) is 42.3 Å². The lowest BCUT2D eigenvalue weighted by Crippen LogP contribution is -2.39. The summed E-state index contributed by atoms with van der Waals surface area (Å²) < 4.78 is 5.56. The fourth-order valence-corrected chi connectivity index (χ4v) is 2.63. The van der Waals surface area contributed by atoms with Crippen molar-refractivity contribution in [3.63, 3.8) is 0 Å². The Morgan fingerprint density at radius 3 is 2.82 bits per heavy atom. The lowest BCUT2D eigenvalue weighted by molar-refractivity contribution is -0.123. The quantitative estimate of drug-likeness (QED) is 0.890. The molecule has 2 aromatic carbocycles. The van der Waals surface area contributed by atoms with Crippen LogP contribution < -0.4 is 15.4 Å². The number of rotatable bonds is 5. The summed E-state index contributed by atoms with van der Waals surface area (Å²) in [4.78, 5) is 11.8. The third-order valence-corrected chi connectivity index (χ3v) is 3.80. The number of hydrogen-bond acceptors (Lipinski definition) is 3. The highest BCUT2D eigenvalue weighted by Crippen LogP contribution is 2.20. The molecule has 1 unspecified atom stereocenters. The van der Waals surface area contributed by atoms with Crippen molar-refractivity contribution in [2.45, 2.75) is 18.9 Å². The van der Waals surface area contributed by atoms with Crippen molar-refractivity contribution in [1.29, 1.82) is 0 Å². The maximum absolute atomic E-state index is 11.8. The van der Waals surface area contributed by atoms with E-state index < -0.39 is 0 Å². The standard InChI is InChI=1S/C17H20N2O2.ClH/c20-17(19-11-15-6-3-9-18-15)12-21-16-8-7-13-4-1-2-5-14(13)10-16;/h1-2,4-5,7-8,10,15,18H,3,6,9,11-12H2,(H,19,20);1H. The molecule has 22 heavy (non-hydrogen) atoms. The summed E-state index contributed by atoms with van der Waals surface area (Å²) in [5, 5.41) is 8.54. The molecule has 1 atom stereocenters. The molecule has 0 aliphatic carbocycles. The number of carbonyl (C=O) groups is 1. The third kappa shape index (κ3) is 4.36. The molecule has 4 nitrogen and oxygen atoms in total. The van der Waals surface area contributed by atoms with Gasteiger partial charge in [-0.2, -0.15) is 0 Å². The van der Waals surface area contributed by atoms with Gasteiger partial charge in [-0.3, -0.25) is 4.79 Å². The second-order valence-electron chi connectivity index (χ2n) is 5.39. The molecule has 1 aliphatic rings. The van der Waals surface area contributed by atoms with Crippen LogP contribution in [0.5, 0.6) is 5.75 Å². The van der Waals surface area contributed by atoms with Crippen LogP contribution in [0.25, 0.3) is 10.8 Å². The summed E-state index contributed by atoms with van der Waals surface area (Å²) in [6.45, 7) is 1.79. The number of fused-ring (bicyclic) bond motifs is 1. The first-order chi connectivity index (χ1) is 10.3. The van der Waals surface area contributed by atoms with Gasteiger partial charge in [0.2, 0.25) is 0 Å². The van der Waals surface area contributed by atoms with Crippen molar-refractivity contribution in [2.24, 2.45) is 0 Å². The van der Waals surface area contributed by atoms with Gasteiger partial charge in [0, 0.05) is 12.6 Å². The van der Waals surface area contributed by atoms with Crippen LogP contribution in [0.1, 0.15) is 12.8 Å². The van der Waals surface area contributed by atoms with Gasteiger partial charge in [-0.25, -0.2) is 0 Å². The third-order valence-electron chi connectivity index (χ3n) is 3.80. The van der Waals surface area contributed by atoms with Gasteiger partial charge in [0.1, 0.15) is 5.75 Å². The van der Waals surface area contributed by atoms with E-state index in [2.05, 4.69) is 16.7 Å². The molecule has 1 saturated heterocycles. The van der Waals surface area contributed by atoms with E-state index in [4.69, 9.17) is 4.74 Å². The van der Waals surface area contributed by atoms with E-state index in [0.717, 1.165) is 24.1 Å². The van der Waals surface area contributed by atoms with Crippen molar-refractivity contribution < 1.29 is 9.53 Å². The Hall–Kier alpha value is -1.78. The molecule has 1 heterocycles. The van der Waals surface area contributed by atoms with E-state index in [0.29, 0.717) is 12.6 Å². The van der Waals surface area contributed by atoms with Crippen molar-refractivity contribution >= 4 is 29.1 Å². The van der Waals surface area contributed by atoms with E-state index in [-0.39, 0.29) is 24.9 Å². The van der Waals surface area contributed by atoms with Gasteiger partial charge in [0.05, 0.1) is 0 Å². The average molecular weight is 321 g/mol. The molecule has 0 radical (unpaired) electrons. The predicted molar refractivity (Wildman–Crippen MR) is 90.7 cm³/mol. The highest BCUT2D eigenvalue weighted by molar-refractivity contribution is 5.85. The Balaban J connectivity index is 0.00000176. The number of benzene rings is 2. The van der Waals surface area contributed by atoms with E-state index >= 15 is 0 Å². The topological polar surface area (TPSA) is 50.4 Å². The molecule has 118 valence electrons. The molecule has 2 aromatic rings. The van der Waals surface area contributed by atoms with Gasteiger partial charge in [-0.1, -0.05) is 30.3 Å². The van der Waals surface area contributed by atoms with E-state index in [1.165, 1.54) is 11.8 Å². The highest BCUT2D eigenvalue weighted by atomic mass is 35.5. The van der Waals surface area contributed by atoms with Crippen LogP contribution in [0.15, 0.2) is 42.5 Å². The Morgan fingerprint density at radius 2 is 2.05 bits per heavy atom. The summed E-state index contributed by atoms with van der Waals surface area (Å²) in [6.07, 6.45) is 2.32. The van der Waals surface area contributed by atoms with E-state index in [1.54, 1.807) is 0 Å². The minimum absolute atomic E-state index is 0. The highest BCUT2D eigenvalue weighted by Gasteiger charge is 2.14. The summed E-state index contributed by atoms with van der Waals surface area (Å²) in [7, 11) is 0. The first-order valence-electron chi connectivity index (χ1n) is 7.43. The second-order valence-corrected chi connectivity index (χ2v) is 5.39. The molecule has 0 spiro atoms. The lowest BCUT2D eigenvalue weighted by Gasteiger charge is -2.12. The largest absolute Gasteiger partial charge is 0.484 e. The zero-order valence-electron chi connectivity index (χ0n) is 12.4. The van der Waals surface area contributed by atoms with Gasteiger partial charge >= 0.3 is 0 Å². The molecule has 3 rings (SSSR count). The van der Waals surface area contributed by atoms with Crippen LogP contribution in [-0.4, -0.2) is 31.6 Å². The van der Waals surface area contributed by atoms with Crippen LogP contribution in [-0.2, 0) is 4.79 Å². The van der Waals surface area contributed by atoms with Crippen LogP contribution in [0, 0.1) is 0 Å². The maximum atomic E-state index is 11.8. The summed E-state index contributed by atoms with van der Waals surface area (Å²) in [6, 6.07) is 14.4. The van der Waals surface area contributed by atoms with Gasteiger partial charge in [-0.15, -0.1) is 12.4 Å². The molecule has 0 bridgehead atoms. The van der Waals surface area contributed by atoms with E-state index in [9.17, 15) is 4.79 Å². The van der Waals surface area contributed by atoms with Gasteiger partial charge in [0.25, 0.3) is 5.91 Å². The predicted octanol–water partition coefficient (Wildman–Crippen LogP) is 2.51. The fraction of sp³-hybridized carbons (Fsp3) is 0.353. The molecule has 1 fully saturated rings. The molecular weight excluding hydrogens is 300 g/mol. The van der Waals surface area contributed by atoms with Crippen LogP contribution in [0.2, 0.25) is 0 Å². The molecule has 5 heteroatoms. The first kappa shape index (κ1) is 16.6. The zero-order chi connectivity index (χ0) is 14.5. The number of nitrogens with one attached hydrogen (secondary N) is 2. The SMILES string of the molecule is Cl.O=C(COc1ccc2ccccc2c1)NCC1CCCN1. The summed E-state index contributed by atoms with van der Waals surface area (Å²) in [5.41, 5.74) is 0. The fourth-order valence-electron chi connectivity index (χ4n) is 2.63. The maximum Gasteiger partial charge on any atom is 0.257 e. The molecule has 1 amide bonds. The van der Waals surface area contributed by atoms with Gasteiger partial charge in [0.15, 0.2) is 6.61 Å². The second kappa shape index (κ2) is 8.01. The minimum atomic E-state index is -0.0724. The lowest BCUT2D eigenvalue weighted by atomic mass is 10.1. The summed E-state index contributed by atoms with van der Waals surface area (Å²) >= 11 is 0. The van der Waals surface area contributed by atoms with Crippen LogP contribution >= 0.6 is 12.4 Å². The van der Waals surface area contributed by atoms with Gasteiger partial charge < -0.3 is 15.4 Å². The summed E-state index contributed by atoms with van der Waals surface area (Å²) in [5.74, 6) is 0.652. The van der Waals surface area contributed by atoms with Crippen molar-refractivity contribution in [3.8, 4) is 5.75 Å². The smallest absolute Gasteiger partial charge is 0.257 e. The number of ether oxygens (including phenoxy) is 1. The Morgan fingerprint density at radius 1 is 1.23 bits per heavy atom. The van der Waals surface area contributed by atoms with Crippen LogP contribution in [0.4, 0.5) is 0 Å². The Kier molecular flexibility index (Phi) is 6.04. The van der Waals surface area contributed by atoms with Crippen molar-refractivity contribution in [2.75, 3.05) is 19.7 Å². The van der Waals surface area contributed by atoms with E-state index in [1.807, 2.05) is 36.4 Å². The molecule has 1 aliphatic heterocycles. The number of hydrogen-bond donors (Lipinski definition) is 2. The van der Waals surface area contributed by atoms with Crippen molar-refractivity contribution in [1.82, 2.24) is 10.6 Å². The molecular formula is C17H21ClN2O2. The molecule has 0 saturated carbocycles. The van der Waals surface area contributed by atoms with Crippen molar-refractivity contribution in [3.05, 3.63) is 42.5 Å². The molecule has 0 aromatic heterocycles.